The van der Waals surface area contributed by atoms with Gasteiger partial charge in [0.15, 0.2) is 0 Å². The van der Waals surface area contributed by atoms with E-state index in [4.69, 9.17) is 5.73 Å². The molecule has 0 bridgehead atoms. The topological polar surface area (TPSA) is 64.3 Å². The van der Waals surface area contributed by atoms with E-state index < -0.39 is 0 Å². The monoisotopic (exact) mass is 186 g/mol. The Bertz CT molecular complexity index is 169. The second-order valence-electron chi connectivity index (χ2n) is 2.62. The molecule has 0 radical (unpaired) electrons. The van der Waals surface area contributed by atoms with Crippen LogP contribution in [0.3, 0.4) is 0 Å². The van der Waals surface area contributed by atoms with Crippen molar-refractivity contribution >= 4 is 5.97 Å². The minimum absolute atomic E-state index is 0.266. The van der Waals surface area contributed by atoms with Crippen LogP contribution in [0.25, 0.3) is 0 Å². The third-order valence-corrected chi connectivity index (χ3v) is 1.66. The van der Waals surface area contributed by atoms with E-state index in [2.05, 4.69) is 10.1 Å². The highest BCUT2D eigenvalue weighted by molar-refractivity contribution is 5.75. The molecule has 0 aliphatic carbocycles. The van der Waals surface area contributed by atoms with Gasteiger partial charge >= 0.3 is 5.97 Å². The van der Waals surface area contributed by atoms with Gasteiger partial charge in [-0.05, 0) is 19.9 Å². The van der Waals surface area contributed by atoms with Crippen LogP contribution < -0.4 is 11.1 Å². The molecule has 4 heteroatoms. The minimum atomic E-state index is -0.379. The molecule has 0 aromatic rings. The number of methoxy groups -OCH3 is 1. The lowest BCUT2D eigenvalue weighted by Crippen LogP contribution is -2.43. The standard InChI is InChI=1S/C9H18N2O2/c1-3-4-5-6-11-8(7-10)9(12)13-2/h3-4,8,11H,5-7,10H2,1-2H3/b4-3+. The van der Waals surface area contributed by atoms with E-state index in [0.717, 1.165) is 13.0 Å². The average Bonchev–Trinajstić information content (AvgIpc) is 2.17. The third-order valence-electron chi connectivity index (χ3n) is 1.66. The lowest BCUT2D eigenvalue weighted by Gasteiger charge is -2.12. The predicted molar refractivity (Wildman–Crippen MR) is 52.3 cm³/mol. The molecule has 0 rings (SSSR count). The zero-order valence-electron chi connectivity index (χ0n) is 8.25. The maximum absolute atomic E-state index is 11.0. The summed E-state index contributed by atoms with van der Waals surface area (Å²) in [5.74, 6) is -0.303. The van der Waals surface area contributed by atoms with Gasteiger partial charge in [-0.2, -0.15) is 0 Å². The van der Waals surface area contributed by atoms with Crippen molar-refractivity contribution < 1.29 is 9.53 Å². The highest BCUT2D eigenvalue weighted by atomic mass is 16.5. The molecule has 0 saturated heterocycles. The van der Waals surface area contributed by atoms with Crippen LogP contribution in [0.15, 0.2) is 12.2 Å². The summed E-state index contributed by atoms with van der Waals surface area (Å²) in [6, 6.07) is -0.379. The van der Waals surface area contributed by atoms with E-state index in [1.54, 1.807) is 0 Å². The van der Waals surface area contributed by atoms with Crippen molar-refractivity contribution in [3.8, 4) is 0 Å². The smallest absolute Gasteiger partial charge is 0.324 e. The Hall–Kier alpha value is -0.870. The molecule has 1 unspecified atom stereocenters. The fourth-order valence-electron chi connectivity index (χ4n) is 0.913. The normalized spacial score (nSPS) is 13.2. The van der Waals surface area contributed by atoms with Gasteiger partial charge < -0.3 is 15.8 Å². The third kappa shape index (κ3) is 5.38. The molecule has 0 fully saturated rings. The molecular weight excluding hydrogens is 168 g/mol. The molecule has 0 aromatic carbocycles. The minimum Gasteiger partial charge on any atom is -0.468 e. The highest BCUT2D eigenvalue weighted by Gasteiger charge is 2.14. The zero-order chi connectivity index (χ0) is 10.1. The number of nitrogens with one attached hydrogen (secondary N) is 1. The van der Waals surface area contributed by atoms with Gasteiger partial charge in [-0.25, -0.2) is 0 Å². The molecular formula is C9H18N2O2. The number of allylic oxidation sites excluding steroid dienone is 1. The van der Waals surface area contributed by atoms with Crippen LogP contribution >= 0.6 is 0 Å². The number of hydrogen-bond donors (Lipinski definition) is 2. The molecule has 0 heterocycles. The molecule has 0 aromatic heterocycles. The molecule has 1 atom stereocenters. The molecule has 0 amide bonds. The van der Waals surface area contributed by atoms with Crippen molar-refractivity contribution in [2.45, 2.75) is 19.4 Å². The second kappa shape index (κ2) is 7.76. The Labute approximate surface area is 79.1 Å². The molecule has 0 spiro atoms. The number of nitrogens with two attached hydrogens (primary N) is 1. The number of rotatable bonds is 6. The largest absolute Gasteiger partial charge is 0.468 e. The number of hydrogen-bond acceptors (Lipinski definition) is 4. The fourth-order valence-corrected chi connectivity index (χ4v) is 0.913. The van der Waals surface area contributed by atoms with Crippen molar-refractivity contribution in [3.05, 3.63) is 12.2 Å². The van der Waals surface area contributed by atoms with E-state index in [1.807, 2.05) is 19.1 Å². The summed E-state index contributed by atoms with van der Waals surface area (Å²) in [5, 5.41) is 3.00. The Morgan fingerprint density at radius 3 is 2.85 bits per heavy atom. The quantitative estimate of drug-likeness (QED) is 0.349. The van der Waals surface area contributed by atoms with Crippen LogP contribution in [0.4, 0.5) is 0 Å². The molecule has 13 heavy (non-hydrogen) atoms. The maximum Gasteiger partial charge on any atom is 0.324 e. The molecule has 0 aliphatic rings. The van der Waals surface area contributed by atoms with Crippen molar-refractivity contribution in [2.24, 2.45) is 5.73 Å². The van der Waals surface area contributed by atoms with Gasteiger partial charge in [0.1, 0.15) is 6.04 Å². The van der Waals surface area contributed by atoms with Gasteiger partial charge in [-0.3, -0.25) is 4.79 Å². The van der Waals surface area contributed by atoms with E-state index in [9.17, 15) is 4.79 Å². The van der Waals surface area contributed by atoms with E-state index in [1.165, 1.54) is 7.11 Å². The second-order valence-corrected chi connectivity index (χ2v) is 2.62. The number of esters is 1. The maximum atomic E-state index is 11.0. The summed E-state index contributed by atoms with van der Waals surface area (Å²) >= 11 is 0. The van der Waals surface area contributed by atoms with Crippen LogP contribution in [0, 0.1) is 0 Å². The first-order valence-corrected chi connectivity index (χ1v) is 4.38. The predicted octanol–water partition coefficient (Wildman–Crippen LogP) is 0.0425. The van der Waals surface area contributed by atoms with Crippen LogP contribution in [-0.4, -0.2) is 32.2 Å². The highest BCUT2D eigenvalue weighted by Crippen LogP contribution is 1.87. The molecule has 3 N–H and O–H groups in total. The van der Waals surface area contributed by atoms with Crippen LogP contribution in [0.1, 0.15) is 13.3 Å². The number of carbonyl (C=O) groups excluding carboxylic acids is 1. The van der Waals surface area contributed by atoms with Gasteiger partial charge in [0.2, 0.25) is 0 Å². The first kappa shape index (κ1) is 12.1. The van der Waals surface area contributed by atoms with E-state index >= 15 is 0 Å². The zero-order valence-corrected chi connectivity index (χ0v) is 8.25. The van der Waals surface area contributed by atoms with Crippen molar-refractivity contribution in [3.63, 3.8) is 0 Å². The summed E-state index contributed by atoms with van der Waals surface area (Å²) < 4.78 is 4.56. The molecule has 4 nitrogen and oxygen atoms in total. The summed E-state index contributed by atoms with van der Waals surface area (Å²) in [6.45, 7) is 2.96. The molecule has 76 valence electrons. The summed E-state index contributed by atoms with van der Waals surface area (Å²) in [4.78, 5) is 11.0. The first-order chi connectivity index (χ1) is 6.26. The van der Waals surface area contributed by atoms with Gasteiger partial charge in [0, 0.05) is 6.54 Å². The summed E-state index contributed by atoms with van der Waals surface area (Å²) in [6.07, 6.45) is 4.89. The lowest BCUT2D eigenvalue weighted by molar-refractivity contribution is -0.142. The Kier molecular flexibility index (Phi) is 7.24. The number of ether oxygens (including phenoxy) is 1. The average molecular weight is 186 g/mol. The van der Waals surface area contributed by atoms with Gasteiger partial charge in [-0.1, -0.05) is 12.2 Å². The number of carbonyl (C=O) groups is 1. The summed E-state index contributed by atoms with van der Waals surface area (Å²) in [5.41, 5.74) is 5.38. The molecule has 0 saturated carbocycles. The first-order valence-electron chi connectivity index (χ1n) is 4.38. The van der Waals surface area contributed by atoms with E-state index in [-0.39, 0.29) is 18.6 Å². The van der Waals surface area contributed by atoms with Crippen LogP contribution in [0.5, 0.6) is 0 Å². The molecule has 0 aliphatic heterocycles. The van der Waals surface area contributed by atoms with Gasteiger partial charge in [0.25, 0.3) is 0 Å². The van der Waals surface area contributed by atoms with Crippen LogP contribution in [0.2, 0.25) is 0 Å². The SMILES string of the molecule is C/C=C/CCNC(CN)C(=O)OC. The van der Waals surface area contributed by atoms with Crippen molar-refractivity contribution in [2.75, 3.05) is 20.2 Å². The van der Waals surface area contributed by atoms with Gasteiger partial charge in [-0.15, -0.1) is 0 Å². The Morgan fingerprint density at radius 2 is 2.38 bits per heavy atom. The van der Waals surface area contributed by atoms with Crippen molar-refractivity contribution in [1.82, 2.24) is 5.32 Å². The van der Waals surface area contributed by atoms with Crippen molar-refractivity contribution in [1.29, 1.82) is 0 Å². The van der Waals surface area contributed by atoms with Crippen LogP contribution in [-0.2, 0) is 9.53 Å². The Balaban J connectivity index is 3.65. The van der Waals surface area contributed by atoms with Gasteiger partial charge in [0.05, 0.1) is 7.11 Å². The Morgan fingerprint density at radius 1 is 1.69 bits per heavy atom. The fraction of sp³-hybridized carbons (Fsp3) is 0.667. The lowest BCUT2D eigenvalue weighted by atomic mass is 10.3. The summed E-state index contributed by atoms with van der Waals surface area (Å²) in [7, 11) is 1.36. The van der Waals surface area contributed by atoms with E-state index in [0.29, 0.717) is 0 Å².